The van der Waals surface area contributed by atoms with E-state index < -0.39 is 0 Å². The Morgan fingerprint density at radius 2 is 2.00 bits per heavy atom. The minimum absolute atomic E-state index is 0.274. The van der Waals surface area contributed by atoms with Crippen molar-refractivity contribution >= 4 is 16.8 Å². The number of amides is 1. The zero-order chi connectivity index (χ0) is 13.9. The lowest BCUT2D eigenvalue weighted by Crippen LogP contribution is -2.48. The van der Waals surface area contributed by atoms with Crippen LogP contribution in [0.4, 0.5) is 0 Å². The molecule has 0 unspecified atom stereocenters. The number of nitrogens with zero attached hydrogens (tertiary/aromatic N) is 2. The summed E-state index contributed by atoms with van der Waals surface area (Å²) in [5, 5.41) is 1.27. The first kappa shape index (κ1) is 13.2. The van der Waals surface area contributed by atoms with Gasteiger partial charge in [-0.1, -0.05) is 25.1 Å². The number of piperazine rings is 1. The van der Waals surface area contributed by atoms with Crippen molar-refractivity contribution in [1.82, 2.24) is 14.8 Å². The third-order valence-corrected chi connectivity index (χ3v) is 4.09. The Morgan fingerprint density at radius 1 is 1.20 bits per heavy atom. The molecule has 1 aromatic carbocycles. The predicted molar refractivity (Wildman–Crippen MR) is 80.4 cm³/mol. The van der Waals surface area contributed by atoms with Crippen molar-refractivity contribution in [1.29, 1.82) is 0 Å². The molecule has 1 aromatic heterocycles. The third-order valence-electron chi connectivity index (χ3n) is 4.09. The van der Waals surface area contributed by atoms with Crippen molar-refractivity contribution in [3.63, 3.8) is 0 Å². The van der Waals surface area contributed by atoms with Gasteiger partial charge in [0.2, 0.25) is 5.91 Å². The normalized spacial score (nSPS) is 16.8. The summed E-state index contributed by atoms with van der Waals surface area (Å²) in [6.45, 7) is 6.51. The van der Waals surface area contributed by atoms with Crippen LogP contribution >= 0.6 is 0 Å². The van der Waals surface area contributed by atoms with E-state index in [9.17, 15) is 4.79 Å². The first-order chi connectivity index (χ1) is 9.78. The van der Waals surface area contributed by atoms with Crippen LogP contribution in [-0.4, -0.2) is 46.9 Å². The molecule has 0 radical (unpaired) electrons. The van der Waals surface area contributed by atoms with Crippen molar-refractivity contribution in [2.45, 2.75) is 19.9 Å². The second-order valence-electron chi connectivity index (χ2n) is 5.37. The quantitative estimate of drug-likeness (QED) is 0.929. The second kappa shape index (κ2) is 5.67. The summed E-state index contributed by atoms with van der Waals surface area (Å²) >= 11 is 0. The lowest BCUT2D eigenvalue weighted by molar-refractivity contribution is -0.132. The summed E-state index contributed by atoms with van der Waals surface area (Å²) in [7, 11) is 0. The Hall–Kier alpha value is -1.81. The van der Waals surface area contributed by atoms with Gasteiger partial charge < -0.3 is 9.88 Å². The highest BCUT2D eigenvalue weighted by molar-refractivity contribution is 5.82. The van der Waals surface area contributed by atoms with Gasteiger partial charge in [0.1, 0.15) is 0 Å². The van der Waals surface area contributed by atoms with Crippen LogP contribution in [0.15, 0.2) is 30.5 Å². The van der Waals surface area contributed by atoms with Gasteiger partial charge in [0.25, 0.3) is 0 Å². The molecule has 1 fully saturated rings. The maximum Gasteiger partial charge on any atom is 0.222 e. The Morgan fingerprint density at radius 3 is 2.75 bits per heavy atom. The zero-order valence-corrected chi connectivity index (χ0v) is 11.9. The van der Waals surface area contributed by atoms with Gasteiger partial charge >= 0.3 is 0 Å². The summed E-state index contributed by atoms with van der Waals surface area (Å²) in [5.41, 5.74) is 2.57. The molecule has 1 amide bonds. The molecule has 0 spiro atoms. The molecule has 2 aromatic rings. The lowest BCUT2D eigenvalue weighted by atomic mass is 10.1. The van der Waals surface area contributed by atoms with E-state index in [1.165, 1.54) is 16.5 Å². The summed E-state index contributed by atoms with van der Waals surface area (Å²) in [4.78, 5) is 19.4. The Balaban J connectivity index is 1.65. The number of carbonyl (C=O) groups excluding carboxylic acids is 1. The van der Waals surface area contributed by atoms with Crippen molar-refractivity contribution in [2.75, 3.05) is 26.2 Å². The highest BCUT2D eigenvalue weighted by Gasteiger charge is 2.20. The summed E-state index contributed by atoms with van der Waals surface area (Å²) in [5.74, 6) is 0.274. The van der Waals surface area contributed by atoms with Crippen LogP contribution in [0.3, 0.4) is 0 Å². The lowest BCUT2D eigenvalue weighted by Gasteiger charge is -2.34. The average Bonchev–Trinajstić information content (AvgIpc) is 2.97. The maximum atomic E-state index is 11.7. The van der Waals surface area contributed by atoms with E-state index in [-0.39, 0.29) is 5.91 Å². The molecular formula is C16H21N3O. The predicted octanol–water partition coefficient (Wildman–Crippen LogP) is 2.22. The molecule has 0 aliphatic carbocycles. The van der Waals surface area contributed by atoms with Crippen LogP contribution in [0.2, 0.25) is 0 Å². The van der Waals surface area contributed by atoms with E-state index in [1.54, 1.807) is 0 Å². The van der Waals surface area contributed by atoms with Crippen molar-refractivity contribution in [3.05, 3.63) is 36.0 Å². The fourth-order valence-electron chi connectivity index (χ4n) is 2.90. The second-order valence-corrected chi connectivity index (χ2v) is 5.37. The number of rotatable bonds is 3. The van der Waals surface area contributed by atoms with E-state index in [2.05, 4.69) is 34.1 Å². The molecule has 0 saturated carbocycles. The molecule has 1 N–H and O–H groups in total. The maximum absolute atomic E-state index is 11.7. The van der Waals surface area contributed by atoms with Crippen LogP contribution in [0.5, 0.6) is 0 Å². The summed E-state index contributed by atoms with van der Waals surface area (Å²) < 4.78 is 0. The molecule has 20 heavy (non-hydrogen) atoms. The van der Waals surface area contributed by atoms with Crippen LogP contribution in [-0.2, 0) is 11.3 Å². The van der Waals surface area contributed by atoms with Crippen LogP contribution in [0.1, 0.15) is 18.9 Å². The molecule has 0 bridgehead atoms. The molecule has 0 atom stereocenters. The average molecular weight is 271 g/mol. The van der Waals surface area contributed by atoms with Crippen molar-refractivity contribution in [3.8, 4) is 0 Å². The molecule has 2 heterocycles. The van der Waals surface area contributed by atoms with E-state index >= 15 is 0 Å². The van der Waals surface area contributed by atoms with Crippen LogP contribution < -0.4 is 0 Å². The first-order valence-corrected chi connectivity index (χ1v) is 7.33. The minimum atomic E-state index is 0.274. The van der Waals surface area contributed by atoms with E-state index in [4.69, 9.17) is 0 Å². The Bertz CT molecular complexity index is 597. The van der Waals surface area contributed by atoms with Gasteiger partial charge in [-0.25, -0.2) is 0 Å². The summed E-state index contributed by atoms with van der Waals surface area (Å²) in [6.07, 6.45) is 2.60. The zero-order valence-electron chi connectivity index (χ0n) is 11.9. The molecule has 106 valence electrons. The molecular weight excluding hydrogens is 250 g/mol. The molecule has 3 rings (SSSR count). The number of benzene rings is 1. The standard InChI is InChI=1S/C16H21N3O/c1-2-15(20)19-10-8-18(9-11-19)12-14-5-3-4-13-6-7-17-16(13)14/h3-7,17H,2,8-12H2,1H3. The molecule has 1 aliphatic rings. The number of hydrogen-bond donors (Lipinski definition) is 1. The van der Waals surface area contributed by atoms with Crippen LogP contribution in [0, 0.1) is 0 Å². The van der Waals surface area contributed by atoms with E-state index in [0.29, 0.717) is 6.42 Å². The number of aromatic nitrogens is 1. The monoisotopic (exact) mass is 271 g/mol. The van der Waals surface area contributed by atoms with Crippen molar-refractivity contribution < 1.29 is 4.79 Å². The minimum Gasteiger partial charge on any atom is -0.361 e. The fraction of sp³-hybridized carbons (Fsp3) is 0.438. The topological polar surface area (TPSA) is 39.3 Å². The largest absolute Gasteiger partial charge is 0.361 e. The van der Waals surface area contributed by atoms with Gasteiger partial charge in [-0.15, -0.1) is 0 Å². The number of fused-ring (bicyclic) bond motifs is 1. The molecule has 4 heteroatoms. The van der Waals surface area contributed by atoms with Gasteiger partial charge in [-0.2, -0.15) is 0 Å². The fourth-order valence-corrected chi connectivity index (χ4v) is 2.90. The highest BCUT2D eigenvalue weighted by Crippen LogP contribution is 2.19. The van der Waals surface area contributed by atoms with E-state index in [0.717, 1.165) is 32.7 Å². The summed E-state index contributed by atoms with van der Waals surface area (Å²) in [6, 6.07) is 8.54. The Labute approximate surface area is 119 Å². The van der Waals surface area contributed by atoms with Gasteiger partial charge in [0.15, 0.2) is 0 Å². The highest BCUT2D eigenvalue weighted by atomic mass is 16.2. The van der Waals surface area contributed by atoms with Gasteiger partial charge in [-0.05, 0) is 17.0 Å². The SMILES string of the molecule is CCC(=O)N1CCN(Cc2cccc3cc[nH]c23)CC1. The van der Waals surface area contributed by atoms with Gasteiger partial charge in [0.05, 0.1) is 0 Å². The number of aromatic amines is 1. The Kier molecular flexibility index (Phi) is 3.74. The third kappa shape index (κ3) is 2.56. The van der Waals surface area contributed by atoms with Gasteiger partial charge in [0, 0.05) is 50.9 Å². The first-order valence-electron chi connectivity index (χ1n) is 7.33. The molecule has 1 aliphatic heterocycles. The van der Waals surface area contributed by atoms with Crippen molar-refractivity contribution in [2.24, 2.45) is 0 Å². The van der Waals surface area contributed by atoms with E-state index in [1.807, 2.05) is 18.0 Å². The van der Waals surface area contributed by atoms with Gasteiger partial charge in [-0.3, -0.25) is 9.69 Å². The number of nitrogens with one attached hydrogen (secondary N) is 1. The van der Waals surface area contributed by atoms with Crippen LogP contribution in [0.25, 0.3) is 10.9 Å². The number of para-hydroxylation sites is 1. The number of carbonyl (C=O) groups is 1. The smallest absolute Gasteiger partial charge is 0.222 e. The molecule has 1 saturated heterocycles. The number of H-pyrrole nitrogens is 1. The molecule has 4 nitrogen and oxygen atoms in total. The number of hydrogen-bond acceptors (Lipinski definition) is 2.